The molecule has 76 valence electrons. The minimum Gasteiger partial charge on any atom is -0.379 e. The van der Waals surface area contributed by atoms with E-state index in [1.165, 1.54) is 6.07 Å². The van der Waals surface area contributed by atoms with Crippen LogP contribution in [0.25, 0.3) is 0 Å². The molecule has 4 heteroatoms. The minimum absolute atomic E-state index is 0.303. The van der Waals surface area contributed by atoms with Crippen LogP contribution in [-0.2, 0) is 11.2 Å². The van der Waals surface area contributed by atoms with Gasteiger partial charge in [-0.15, -0.1) is 11.6 Å². The Labute approximate surface area is 85.6 Å². The lowest BCUT2D eigenvalue weighted by molar-refractivity contribution is 0.143. The van der Waals surface area contributed by atoms with Crippen molar-refractivity contribution in [2.24, 2.45) is 0 Å². The highest BCUT2D eigenvalue weighted by Crippen LogP contribution is 2.29. The van der Waals surface area contributed by atoms with Gasteiger partial charge in [-0.1, -0.05) is 0 Å². The Bertz CT molecular complexity index is 354. The lowest BCUT2D eigenvalue weighted by atomic mass is 10.0. The van der Waals surface area contributed by atoms with E-state index in [0.717, 1.165) is 6.07 Å². The number of hydrogen-bond acceptors (Lipinski definition) is 1. The number of fused-ring (bicyclic) bond motifs is 1. The number of rotatable bonds is 0. The van der Waals surface area contributed by atoms with Crippen molar-refractivity contribution in [2.45, 2.75) is 11.8 Å². The average molecular weight is 219 g/mol. The Hall–Kier alpha value is -0.670. The summed E-state index contributed by atoms with van der Waals surface area (Å²) >= 11 is 5.94. The second-order valence-electron chi connectivity index (χ2n) is 3.25. The van der Waals surface area contributed by atoms with Gasteiger partial charge in [-0.2, -0.15) is 0 Å². The van der Waals surface area contributed by atoms with E-state index in [1.807, 2.05) is 0 Å². The fourth-order valence-electron chi connectivity index (χ4n) is 1.62. The van der Waals surface area contributed by atoms with E-state index < -0.39 is 17.0 Å². The lowest BCUT2D eigenvalue weighted by Gasteiger charge is -2.10. The zero-order valence-corrected chi connectivity index (χ0v) is 8.15. The zero-order valence-electron chi connectivity index (χ0n) is 7.40. The van der Waals surface area contributed by atoms with E-state index in [9.17, 15) is 8.78 Å². The molecule has 2 rings (SSSR count). The molecule has 0 spiro atoms. The minimum atomic E-state index is -0.589. The third-order valence-electron chi connectivity index (χ3n) is 2.29. The highest BCUT2D eigenvalue weighted by molar-refractivity contribution is 6.21. The van der Waals surface area contributed by atoms with E-state index in [-0.39, 0.29) is 0 Å². The van der Waals surface area contributed by atoms with Crippen molar-refractivity contribution in [1.82, 2.24) is 0 Å². The van der Waals surface area contributed by atoms with Crippen LogP contribution in [0.1, 0.15) is 16.5 Å². The molecule has 0 saturated heterocycles. The largest absolute Gasteiger partial charge is 0.379 e. The molecule has 0 radical (unpaired) electrons. The van der Waals surface area contributed by atoms with Crippen molar-refractivity contribution in [3.63, 3.8) is 0 Å². The second-order valence-corrected chi connectivity index (χ2v) is 3.77. The summed E-state index contributed by atoms with van der Waals surface area (Å²) in [7, 11) is 0. The highest BCUT2D eigenvalue weighted by Gasteiger charge is 2.20. The predicted octanol–water partition coefficient (Wildman–Crippen LogP) is 2.82. The van der Waals surface area contributed by atoms with Crippen LogP contribution in [0.4, 0.5) is 8.78 Å². The Morgan fingerprint density at radius 1 is 1.36 bits per heavy atom. The number of hydrogen-bond donors (Lipinski definition) is 0. The first kappa shape index (κ1) is 9.87. The van der Waals surface area contributed by atoms with Gasteiger partial charge in [0, 0.05) is 6.07 Å². The predicted molar refractivity (Wildman–Crippen MR) is 49.5 cm³/mol. The van der Waals surface area contributed by atoms with Gasteiger partial charge in [-0.05, 0) is 23.6 Å². The third-order valence-corrected chi connectivity index (χ3v) is 2.65. The molecular formula is C10H9ClF2O. The van der Waals surface area contributed by atoms with Gasteiger partial charge in [0.15, 0.2) is 0 Å². The molecule has 0 saturated carbocycles. The molecule has 1 aliphatic rings. The Kier molecular flexibility index (Phi) is 2.70. The topological polar surface area (TPSA) is 9.23 Å². The highest BCUT2D eigenvalue weighted by atomic mass is 35.5. The van der Waals surface area contributed by atoms with Crippen LogP contribution in [0.15, 0.2) is 12.1 Å². The fourth-order valence-corrected chi connectivity index (χ4v) is 1.90. The molecule has 0 N–H and O–H groups in total. The van der Waals surface area contributed by atoms with Crippen molar-refractivity contribution in [3.8, 4) is 0 Å². The van der Waals surface area contributed by atoms with Gasteiger partial charge >= 0.3 is 0 Å². The molecule has 14 heavy (non-hydrogen) atoms. The molecule has 1 atom stereocenters. The zero-order chi connectivity index (χ0) is 10.1. The van der Waals surface area contributed by atoms with Gasteiger partial charge < -0.3 is 4.74 Å². The summed E-state index contributed by atoms with van der Waals surface area (Å²) in [5.74, 6) is -1.12. The maximum atomic E-state index is 13.3. The van der Waals surface area contributed by atoms with E-state index in [4.69, 9.17) is 16.3 Å². The van der Waals surface area contributed by atoms with Gasteiger partial charge in [0.2, 0.25) is 0 Å². The summed E-state index contributed by atoms with van der Waals surface area (Å²) < 4.78 is 31.4. The van der Waals surface area contributed by atoms with Crippen LogP contribution in [0.5, 0.6) is 0 Å². The molecule has 0 aromatic heterocycles. The van der Waals surface area contributed by atoms with Crippen LogP contribution in [0, 0.1) is 11.6 Å². The fraction of sp³-hybridized carbons (Fsp3) is 0.400. The maximum absolute atomic E-state index is 13.3. The molecule has 1 aromatic rings. The van der Waals surface area contributed by atoms with Gasteiger partial charge in [0.1, 0.15) is 11.6 Å². The van der Waals surface area contributed by atoms with Crippen LogP contribution in [-0.4, -0.2) is 13.2 Å². The number of alkyl halides is 1. The van der Waals surface area contributed by atoms with Gasteiger partial charge in [0.25, 0.3) is 0 Å². The van der Waals surface area contributed by atoms with Crippen molar-refractivity contribution < 1.29 is 13.5 Å². The van der Waals surface area contributed by atoms with Crippen molar-refractivity contribution in [1.29, 1.82) is 0 Å². The van der Waals surface area contributed by atoms with Crippen LogP contribution < -0.4 is 0 Å². The Balaban J connectivity index is 2.53. The summed E-state index contributed by atoms with van der Waals surface area (Å²) in [6.45, 7) is 0.732. The van der Waals surface area contributed by atoms with E-state index >= 15 is 0 Å². The third kappa shape index (κ3) is 1.74. The van der Waals surface area contributed by atoms with Crippen LogP contribution >= 0.6 is 11.6 Å². The summed E-state index contributed by atoms with van der Waals surface area (Å²) in [5, 5.41) is -0.460. The molecule has 1 aromatic carbocycles. The first-order valence-corrected chi connectivity index (χ1v) is 4.82. The van der Waals surface area contributed by atoms with E-state index in [0.29, 0.717) is 30.8 Å². The summed E-state index contributed by atoms with van der Waals surface area (Å²) in [5.41, 5.74) is 0.991. The molecule has 0 bridgehead atoms. The molecule has 1 unspecified atom stereocenters. The summed E-state index contributed by atoms with van der Waals surface area (Å²) in [6.07, 6.45) is 0.449. The van der Waals surface area contributed by atoms with Crippen LogP contribution in [0.2, 0.25) is 0 Å². The van der Waals surface area contributed by atoms with Crippen molar-refractivity contribution in [2.75, 3.05) is 13.2 Å². The number of ether oxygens (including phenoxy) is 1. The molecule has 0 aliphatic carbocycles. The van der Waals surface area contributed by atoms with E-state index in [1.54, 1.807) is 0 Å². The van der Waals surface area contributed by atoms with Crippen molar-refractivity contribution in [3.05, 3.63) is 34.9 Å². The maximum Gasteiger partial charge on any atom is 0.129 e. The number of benzene rings is 1. The molecule has 1 heterocycles. The first-order chi connectivity index (χ1) is 6.68. The van der Waals surface area contributed by atoms with Gasteiger partial charge in [-0.3, -0.25) is 0 Å². The summed E-state index contributed by atoms with van der Waals surface area (Å²) in [4.78, 5) is 0. The Morgan fingerprint density at radius 3 is 2.93 bits per heavy atom. The normalized spacial score (nSPS) is 21.5. The smallest absolute Gasteiger partial charge is 0.129 e. The number of halogens is 3. The SMILES string of the molecule is Fc1cc(F)c2c(c1)C(Cl)COCC2. The van der Waals surface area contributed by atoms with Crippen LogP contribution in [0.3, 0.4) is 0 Å². The molecular weight excluding hydrogens is 210 g/mol. The Morgan fingerprint density at radius 2 is 2.14 bits per heavy atom. The average Bonchev–Trinajstić information content (AvgIpc) is 2.29. The lowest BCUT2D eigenvalue weighted by Crippen LogP contribution is -2.01. The molecule has 1 nitrogen and oxygen atoms in total. The standard InChI is InChI=1S/C10H9ClF2O/c11-9-5-14-2-1-7-8(9)3-6(12)4-10(7)13/h3-4,9H,1-2,5H2. The first-order valence-electron chi connectivity index (χ1n) is 4.38. The quantitative estimate of drug-likeness (QED) is 0.609. The van der Waals surface area contributed by atoms with E-state index in [2.05, 4.69) is 0 Å². The summed E-state index contributed by atoms with van der Waals surface area (Å²) in [6, 6.07) is 2.17. The molecule has 0 fully saturated rings. The molecule has 1 aliphatic heterocycles. The van der Waals surface area contributed by atoms with Gasteiger partial charge in [-0.25, -0.2) is 8.78 Å². The monoisotopic (exact) mass is 218 g/mol. The molecule has 0 amide bonds. The second kappa shape index (κ2) is 3.83. The van der Waals surface area contributed by atoms with Crippen molar-refractivity contribution >= 4 is 11.6 Å². The van der Waals surface area contributed by atoms with Gasteiger partial charge in [0.05, 0.1) is 18.6 Å².